The van der Waals surface area contributed by atoms with Crippen LogP contribution in [-0.2, 0) is 6.54 Å². The minimum atomic E-state index is 0.166. The maximum atomic E-state index is 10.9. The Kier molecular flexibility index (Phi) is 3.88. The zero-order chi connectivity index (χ0) is 13.0. The second-order valence-corrected chi connectivity index (χ2v) is 4.00. The molecule has 0 aromatic carbocycles. The Bertz CT molecular complexity index is 541. The summed E-state index contributed by atoms with van der Waals surface area (Å²) in [6.45, 7) is 2.99. The van der Waals surface area contributed by atoms with E-state index >= 15 is 0 Å². The van der Waals surface area contributed by atoms with Gasteiger partial charge in [-0.25, -0.2) is 9.97 Å². The van der Waals surface area contributed by atoms with Gasteiger partial charge >= 0.3 is 0 Å². The van der Waals surface area contributed by atoms with Crippen LogP contribution in [0.25, 0.3) is 0 Å². The van der Waals surface area contributed by atoms with Gasteiger partial charge in [0.1, 0.15) is 16.8 Å². The van der Waals surface area contributed by atoms with Crippen LogP contribution in [-0.4, -0.2) is 32.6 Å². The van der Waals surface area contributed by atoms with Crippen LogP contribution in [0.1, 0.15) is 16.2 Å². The maximum Gasteiger partial charge on any atom is 0.156 e. The molecule has 94 valence electrons. The molecule has 0 saturated carbocycles. The van der Waals surface area contributed by atoms with E-state index in [-0.39, 0.29) is 10.7 Å². The molecule has 0 unspecified atom stereocenters. The molecule has 0 spiro atoms. The Morgan fingerprint density at radius 3 is 3.00 bits per heavy atom. The van der Waals surface area contributed by atoms with Gasteiger partial charge < -0.3 is 5.32 Å². The van der Waals surface area contributed by atoms with Crippen molar-refractivity contribution in [3.8, 4) is 0 Å². The van der Waals surface area contributed by atoms with E-state index in [4.69, 9.17) is 11.6 Å². The van der Waals surface area contributed by atoms with Crippen LogP contribution in [0.3, 0.4) is 0 Å². The number of carbonyl (C=O) groups is 1. The van der Waals surface area contributed by atoms with E-state index in [2.05, 4.69) is 20.4 Å². The number of aromatic nitrogens is 4. The first-order valence-corrected chi connectivity index (χ1v) is 5.79. The van der Waals surface area contributed by atoms with E-state index in [1.54, 1.807) is 17.8 Å². The van der Waals surface area contributed by atoms with Crippen molar-refractivity contribution in [3.63, 3.8) is 0 Å². The molecule has 7 heteroatoms. The summed E-state index contributed by atoms with van der Waals surface area (Å²) in [5.74, 6) is 0.974. The summed E-state index contributed by atoms with van der Waals surface area (Å²) in [7, 11) is 0. The van der Waals surface area contributed by atoms with Crippen molar-refractivity contribution in [3.05, 3.63) is 35.0 Å². The number of nitrogens with zero attached hydrogens (tertiary/aromatic N) is 4. The Labute approximate surface area is 109 Å². The van der Waals surface area contributed by atoms with Crippen molar-refractivity contribution in [2.45, 2.75) is 13.5 Å². The summed E-state index contributed by atoms with van der Waals surface area (Å²) in [4.78, 5) is 19.0. The van der Waals surface area contributed by atoms with Crippen LogP contribution in [0.4, 0.5) is 5.82 Å². The zero-order valence-electron chi connectivity index (χ0n) is 9.80. The lowest BCUT2D eigenvalue weighted by molar-refractivity contribution is 0.112. The average molecular weight is 266 g/mol. The third-order valence-electron chi connectivity index (χ3n) is 2.32. The molecule has 2 aromatic heterocycles. The van der Waals surface area contributed by atoms with E-state index in [0.717, 1.165) is 0 Å². The molecule has 0 fully saturated rings. The fourth-order valence-electron chi connectivity index (χ4n) is 1.51. The summed E-state index contributed by atoms with van der Waals surface area (Å²) < 4.78 is 1.78. The summed E-state index contributed by atoms with van der Waals surface area (Å²) in [5, 5.41) is 7.30. The van der Waals surface area contributed by atoms with Gasteiger partial charge in [-0.15, -0.1) is 0 Å². The fraction of sp³-hybridized carbons (Fsp3) is 0.273. The summed E-state index contributed by atoms with van der Waals surface area (Å²) in [6, 6.07) is 1.85. The van der Waals surface area contributed by atoms with Crippen LogP contribution in [0, 0.1) is 6.92 Å². The summed E-state index contributed by atoms with van der Waals surface area (Å²) in [6.07, 6.45) is 4.22. The minimum absolute atomic E-state index is 0.166. The van der Waals surface area contributed by atoms with Crippen LogP contribution < -0.4 is 5.32 Å². The Morgan fingerprint density at radius 2 is 2.33 bits per heavy atom. The third kappa shape index (κ3) is 2.84. The zero-order valence-corrected chi connectivity index (χ0v) is 10.6. The lowest BCUT2D eigenvalue weighted by Gasteiger charge is -2.09. The molecule has 0 aliphatic carbocycles. The first-order chi connectivity index (χ1) is 8.70. The lowest BCUT2D eigenvalue weighted by Crippen LogP contribution is -2.14. The number of halogens is 1. The normalized spacial score (nSPS) is 10.3. The second kappa shape index (κ2) is 5.59. The molecule has 2 aromatic rings. The van der Waals surface area contributed by atoms with Gasteiger partial charge in [-0.05, 0) is 13.0 Å². The van der Waals surface area contributed by atoms with Gasteiger partial charge in [0.25, 0.3) is 0 Å². The van der Waals surface area contributed by atoms with E-state index in [1.807, 2.05) is 12.3 Å². The van der Waals surface area contributed by atoms with Gasteiger partial charge in [0.05, 0.1) is 12.1 Å². The smallest absolute Gasteiger partial charge is 0.156 e. The number of hydrogen-bond donors (Lipinski definition) is 1. The van der Waals surface area contributed by atoms with Crippen LogP contribution in [0.5, 0.6) is 0 Å². The van der Waals surface area contributed by atoms with E-state index < -0.39 is 0 Å². The molecule has 0 saturated heterocycles. The molecule has 0 aliphatic rings. The Hall–Kier alpha value is -1.95. The monoisotopic (exact) mass is 265 g/mol. The largest absolute Gasteiger partial charge is 0.367 e. The highest BCUT2D eigenvalue weighted by molar-refractivity contribution is 6.32. The molecule has 6 nitrogen and oxygen atoms in total. The molecule has 0 amide bonds. The Morgan fingerprint density at radius 1 is 1.50 bits per heavy atom. The van der Waals surface area contributed by atoms with Gasteiger partial charge in [0.15, 0.2) is 6.29 Å². The summed E-state index contributed by atoms with van der Waals surface area (Å²) >= 11 is 5.87. The summed E-state index contributed by atoms with van der Waals surface area (Å²) in [5.41, 5.74) is 0.280. The first kappa shape index (κ1) is 12.5. The van der Waals surface area contributed by atoms with Crippen LogP contribution >= 0.6 is 11.6 Å². The average Bonchev–Trinajstić information content (AvgIpc) is 2.81. The Balaban J connectivity index is 2.06. The van der Waals surface area contributed by atoms with Crippen LogP contribution in [0.2, 0.25) is 5.15 Å². The fourth-order valence-corrected chi connectivity index (χ4v) is 1.76. The highest BCUT2D eigenvalue weighted by atomic mass is 35.5. The van der Waals surface area contributed by atoms with Crippen molar-refractivity contribution >= 4 is 23.7 Å². The van der Waals surface area contributed by atoms with Gasteiger partial charge in [-0.3, -0.25) is 9.48 Å². The van der Waals surface area contributed by atoms with Crippen molar-refractivity contribution in [1.29, 1.82) is 0 Å². The number of nitrogens with one attached hydrogen (secondary N) is 1. The topological polar surface area (TPSA) is 72.7 Å². The van der Waals surface area contributed by atoms with Crippen LogP contribution in [0.15, 0.2) is 18.5 Å². The standard InChI is InChI=1S/C11H12ClN5O/c1-8-15-10(12)9(7-18)11(16-8)13-4-6-17-5-2-3-14-17/h2-3,5,7H,4,6H2,1H3,(H,13,15,16). The number of aldehydes is 1. The highest BCUT2D eigenvalue weighted by Crippen LogP contribution is 2.18. The second-order valence-electron chi connectivity index (χ2n) is 3.64. The van der Waals surface area contributed by atoms with Gasteiger partial charge in [0.2, 0.25) is 0 Å². The number of hydrogen-bond acceptors (Lipinski definition) is 5. The molecule has 1 N–H and O–H groups in total. The molecule has 0 radical (unpaired) electrons. The highest BCUT2D eigenvalue weighted by Gasteiger charge is 2.10. The van der Waals surface area contributed by atoms with E-state index in [9.17, 15) is 4.79 Å². The molecule has 0 atom stereocenters. The van der Waals surface area contributed by atoms with Gasteiger partial charge in [-0.2, -0.15) is 5.10 Å². The predicted octanol–water partition coefficient (Wildman–Crippen LogP) is 1.56. The lowest BCUT2D eigenvalue weighted by atomic mass is 10.3. The predicted molar refractivity (Wildman–Crippen MR) is 67.9 cm³/mol. The molecule has 2 rings (SSSR count). The number of aryl methyl sites for hydroxylation is 1. The van der Waals surface area contributed by atoms with Crippen molar-refractivity contribution in [1.82, 2.24) is 19.7 Å². The van der Waals surface area contributed by atoms with Crippen molar-refractivity contribution in [2.24, 2.45) is 0 Å². The minimum Gasteiger partial charge on any atom is -0.367 e. The molecule has 0 bridgehead atoms. The van der Waals surface area contributed by atoms with E-state index in [0.29, 0.717) is 31.0 Å². The number of carbonyl (C=O) groups excluding carboxylic acids is 1. The molecule has 2 heterocycles. The van der Waals surface area contributed by atoms with Gasteiger partial charge in [-0.1, -0.05) is 11.6 Å². The molecular weight excluding hydrogens is 254 g/mol. The number of anilines is 1. The molecule has 18 heavy (non-hydrogen) atoms. The maximum absolute atomic E-state index is 10.9. The molecular formula is C11H12ClN5O. The number of rotatable bonds is 5. The van der Waals surface area contributed by atoms with Crippen molar-refractivity contribution < 1.29 is 4.79 Å². The third-order valence-corrected chi connectivity index (χ3v) is 2.61. The van der Waals surface area contributed by atoms with Gasteiger partial charge in [0, 0.05) is 18.9 Å². The van der Waals surface area contributed by atoms with Crippen molar-refractivity contribution in [2.75, 3.05) is 11.9 Å². The first-order valence-electron chi connectivity index (χ1n) is 5.41. The molecule has 0 aliphatic heterocycles. The van der Waals surface area contributed by atoms with E-state index in [1.165, 1.54) is 0 Å². The SMILES string of the molecule is Cc1nc(Cl)c(C=O)c(NCCn2cccn2)n1. The quantitative estimate of drug-likeness (QED) is 0.656.